The highest BCUT2D eigenvalue weighted by Gasteiger charge is 2.59. The molecule has 0 aromatic carbocycles. The summed E-state index contributed by atoms with van der Waals surface area (Å²) in [6, 6.07) is 0. The summed E-state index contributed by atoms with van der Waals surface area (Å²) in [7, 11) is 0. The van der Waals surface area contributed by atoms with Crippen molar-refractivity contribution >= 4 is 0 Å². The maximum atomic E-state index is 10.2. The summed E-state index contributed by atoms with van der Waals surface area (Å²) in [5.74, 6) is 4.17. The highest BCUT2D eigenvalue weighted by Crippen LogP contribution is 2.67. The number of allylic oxidation sites excluding steroid dienone is 1. The molecule has 4 aliphatic rings. The van der Waals surface area contributed by atoms with Crippen molar-refractivity contribution < 1.29 is 10.2 Å². The number of aliphatic hydroxyl groups excluding tert-OH is 2. The van der Waals surface area contributed by atoms with Gasteiger partial charge in [0.25, 0.3) is 0 Å². The normalized spacial score (nSPS) is 47.5. The first-order valence-corrected chi connectivity index (χ1v) is 12.3. The molecule has 0 aliphatic heterocycles. The Kier molecular flexibility index (Phi) is 5.77. The summed E-state index contributed by atoms with van der Waals surface area (Å²) in [6.45, 7) is 9.73. The summed E-state index contributed by atoms with van der Waals surface area (Å²) < 4.78 is 0. The van der Waals surface area contributed by atoms with Gasteiger partial charge >= 0.3 is 0 Å². The van der Waals surface area contributed by atoms with Crippen molar-refractivity contribution in [1.29, 1.82) is 0 Å². The zero-order chi connectivity index (χ0) is 20.1. The number of fused-ring (bicyclic) bond motifs is 5. The monoisotopic (exact) mass is 388 g/mol. The smallest absolute Gasteiger partial charge is 0.0577 e. The third-order valence-corrected chi connectivity index (χ3v) is 10.3. The Morgan fingerprint density at radius 1 is 1.07 bits per heavy atom. The lowest BCUT2D eigenvalue weighted by Gasteiger charge is -2.58. The van der Waals surface area contributed by atoms with Crippen molar-refractivity contribution in [1.82, 2.24) is 0 Å². The van der Waals surface area contributed by atoms with E-state index < -0.39 is 0 Å². The summed E-state index contributed by atoms with van der Waals surface area (Å²) >= 11 is 0. The van der Waals surface area contributed by atoms with Crippen LogP contribution in [0.2, 0.25) is 0 Å². The van der Waals surface area contributed by atoms with Gasteiger partial charge in [-0.3, -0.25) is 0 Å². The predicted octanol–water partition coefficient (Wildman–Crippen LogP) is 6.11. The molecule has 0 spiro atoms. The Morgan fingerprint density at radius 3 is 2.61 bits per heavy atom. The van der Waals surface area contributed by atoms with Crippen LogP contribution in [0.5, 0.6) is 0 Å². The van der Waals surface area contributed by atoms with Crippen LogP contribution in [0.15, 0.2) is 11.6 Å². The largest absolute Gasteiger partial charge is 0.393 e. The van der Waals surface area contributed by atoms with E-state index in [4.69, 9.17) is 0 Å². The van der Waals surface area contributed by atoms with Crippen LogP contribution in [0.25, 0.3) is 0 Å². The Labute approximate surface area is 173 Å². The summed E-state index contributed by atoms with van der Waals surface area (Å²) in [5.41, 5.74) is 2.46. The van der Waals surface area contributed by atoms with Crippen molar-refractivity contribution in [3.63, 3.8) is 0 Å². The van der Waals surface area contributed by atoms with Gasteiger partial charge in [-0.15, -0.1) is 0 Å². The van der Waals surface area contributed by atoms with Crippen LogP contribution >= 0.6 is 0 Å². The topological polar surface area (TPSA) is 40.5 Å². The van der Waals surface area contributed by atoms with Crippen molar-refractivity contribution in [3.05, 3.63) is 11.6 Å². The maximum absolute atomic E-state index is 10.2. The molecular weight excluding hydrogens is 344 g/mol. The molecule has 9 atom stereocenters. The van der Waals surface area contributed by atoms with Crippen LogP contribution < -0.4 is 0 Å². The summed E-state index contributed by atoms with van der Waals surface area (Å²) in [6.07, 6.45) is 15.4. The number of aliphatic hydroxyl groups is 2. The molecule has 3 fully saturated rings. The molecule has 0 saturated heterocycles. The van der Waals surface area contributed by atoms with Crippen molar-refractivity contribution in [2.75, 3.05) is 0 Å². The van der Waals surface area contributed by atoms with Crippen LogP contribution in [-0.2, 0) is 0 Å². The molecule has 0 aromatic rings. The molecule has 0 radical (unpaired) electrons. The van der Waals surface area contributed by atoms with E-state index in [9.17, 15) is 10.2 Å². The fourth-order valence-corrected chi connectivity index (χ4v) is 8.48. The van der Waals surface area contributed by atoms with Crippen molar-refractivity contribution in [3.8, 4) is 0 Å². The van der Waals surface area contributed by atoms with E-state index in [1.54, 1.807) is 5.57 Å². The van der Waals surface area contributed by atoms with E-state index in [0.29, 0.717) is 10.8 Å². The van der Waals surface area contributed by atoms with Gasteiger partial charge in [-0.1, -0.05) is 39.3 Å². The zero-order valence-electron chi connectivity index (χ0n) is 18.8. The van der Waals surface area contributed by atoms with Crippen LogP contribution in [0.3, 0.4) is 0 Å². The first-order valence-electron chi connectivity index (χ1n) is 12.3. The van der Waals surface area contributed by atoms with E-state index in [1.165, 1.54) is 44.9 Å². The Balaban J connectivity index is 1.50. The van der Waals surface area contributed by atoms with Crippen LogP contribution in [0, 0.1) is 40.4 Å². The van der Waals surface area contributed by atoms with Gasteiger partial charge in [0.15, 0.2) is 0 Å². The standard InChI is InChI=1S/C26H44O2/c1-5-19(27)8-6-17(2)22-10-11-23-21-9-7-18-16-20(28)12-14-25(18,3)24(21)13-15-26(22,23)4/h7,17,19-24,27-28H,5-6,8-16H2,1-4H3/t17-,19-,20+,21?,22-,23?,24?,25+,26-/m1/s1. The van der Waals surface area contributed by atoms with E-state index in [2.05, 4.69) is 33.8 Å². The van der Waals surface area contributed by atoms with Crippen molar-refractivity contribution in [2.24, 2.45) is 40.4 Å². The first kappa shape index (κ1) is 20.9. The molecular formula is C26H44O2. The van der Waals surface area contributed by atoms with Gasteiger partial charge in [0.2, 0.25) is 0 Å². The minimum absolute atomic E-state index is 0.0973. The van der Waals surface area contributed by atoms with Crippen molar-refractivity contribution in [2.45, 2.75) is 111 Å². The first-order chi connectivity index (χ1) is 13.3. The summed E-state index contributed by atoms with van der Waals surface area (Å²) in [4.78, 5) is 0. The Bertz CT molecular complexity index is 597. The molecule has 0 amide bonds. The lowest BCUT2D eigenvalue weighted by molar-refractivity contribution is -0.0577. The average molecular weight is 389 g/mol. The molecule has 2 heteroatoms. The van der Waals surface area contributed by atoms with E-state index >= 15 is 0 Å². The van der Waals surface area contributed by atoms with Gasteiger partial charge in [0, 0.05) is 0 Å². The third kappa shape index (κ3) is 3.31. The van der Waals surface area contributed by atoms with Gasteiger partial charge in [0.1, 0.15) is 0 Å². The quantitative estimate of drug-likeness (QED) is 0.558. The molecule has 2 N–H and O–H groups in total. The van der Waals surface area contributed by atoms with Crippen LogP contribution in [0.4, 0.5) is 0 Å². The minimum atomic E-state index is -0.105. The molecule has 2 nitrogen and oxygen atoms in total. The Hall–Kier alpha value is -0.340. The predicted molar refractivity (Wildman–Crippen MR) is 116 cm³/mol. The molecule has 4 rings (SSSR count). The van der Waals surface area contributed by atoms with Crippen LogP contribution in [-0.4, -0.2) is 22.4 Å². The average Bonchev–Trinajstić information content (AvgIpc) is 3.03. The highest BCUT2D eigenvalue weighted by atomic mass is 16.3. The van der Waals surface area contributed by atoms with E-state index in [1.807, 2.05) is 0 Å². The second kappa shape index (κ2) is 7.73. The molecule has 3 unspecified atom stereocenters. The minimum Gasteiger partial charge on any atom is -0.393 e. The van der Waals surface area contributed by atoms with E-state index in [0.717, 1.165) is 55.3 Å². The van der Waals surface area contributed by atoms with Gasteiger partial charge in [-0.25, -0.2) is 0 Å². The highest BCUT2D eigenvalue weighted by molar-refractivity contribution is 5.25. The molecule has 0 aromatic heterocycles. The SMILES string of the molecule is CC[C@@H](O)CC[C@@H](C)[C@H]1CCC2C3CC=C4C[C@@H](O)CC[C@]4(C)C3CC[C@@]21C. The molecule has 3 saturated carbocycles. The lowest BCUT2D eigenvalue weighted by atomic mass is 9.47. The number of rotatable bonds is 5. The zero-order valence-corrected chi connectivity index (χ0v) is 18.8. The fraction of sp³-hybridized carbons (Fsp3) is 0.923. The van der Waals surface area contributed by atoms with Gasteiger partial charge in [-0.2, -0.15) is 0 Å². The summed E-state index contributed by atoms with van der Waals surface area (Å²) in [5, 5.41) is 20.2. The molecule has 160 valence electrons. The van der Waals surface area contributed by atoms with E-state index in [-0.39, 0.29) is 12.2 Å². The second-order valence-corrected chi connectivity index (χ2v) is 11.5. The van der Waals surface area contributed by atoms with Gasteiger partial charge in [-0.05, 0) is 111 Å². The second-order valence-electron chi connectivity index (χ2n) is 11.5. The van der Waals surface area contributed by atoms with Crippen LogP contribution in [0.1, 0.15) is 98.3 Å². The van der Waals surface area contributed by atoms with Gasteiger partial charge < -0.3 is 10.2 Å². The molecule has 28 heavy (non-hydrogen) atoms. The Morgan fingerprint density at radius 2 is 1.86 bits per heavy atom. The maximum Gasteiger partial charge on any atom is 0.0577 e. The number of hydrogen-bond acceptors (Lipinski definition) is 2. The molecule has 0 bridgehead atoms. The lowest BCUT2D eigenvalue weighted by Crippen LogP contribution is -2.50. The van der Waals surface area contributed by atoms with Gasteiger partial charge in [0.05, 0.1) is 12.2 Å². The number of hydrogen-bond donors (Lipinski definition) is 2. The third-order valence-electron chi connectivity index (χ3n) is 10.3. The molecule has 4 aliphatic carbocycles. The fourth-order valence-electron chi connectivity index (χ4n) is 8.48. The molecule has 0 heterocycles.